The number of amides is 3. The van der Waals surface area contributed by atoms with E-state index < -0.39 is 11.4 Å². The Labute approximate surface area is 134 Å². The Hall–Kier alpha value is -2.57. The number of carboxylic acids is 1. The van der Waals surface area contributed by atoms with Crippen molar-refractivity contribution in [1.29, 1.82) is 0 Å². The van der Waals surface area contributed by atoms with Crippen LogP contribution < -0.4 is 10.6 Å². The lowest BCUT2D eigenvalue weighted by Gasteiger charge is -2.20. The van der Waals surface area contributed by atoms with E-state index in [2.05, 4.69) is 10.6 Å². The minimum absolute atomic E-state index is 0.195. The maximum absolute atomic E-state index is 12.0. The second-order valence-corrected chi connectivity index (χ2v) is 5.89. The third-order valence-corrected chi connectivity index (χ3v) is 4.00. The minimum Gasteiger partial charge on any atom is -0.481 e. The Kier molecular flexibility index (Phi) is 5.20. The van der Waals surface area contributed by atoms with Crippen LogP contribution in [0, 0.1) is 5.41 Å². The molecule has 23 heavy (non-hydrogen) atoms. The first-order valence-electron chi connectivity index (χ1n) is 7.52. The van der Waals surface area contributed by atoms with Crippen LogP contribution >= 0.6 is 0 Å². The maximum atomic E-state index is 12.0. The van der Waals surface area contributed by atoms with Gasteiger partial charge in [-0.3, -0.25) is 9.59 Å². The van der Waals surface area contributed by atoms with Gasteiger partial charge < -0.3 is 20.6 Å². The van der Waals surface area contributed by atoms with Gasteiger partial charge in [-0.25, -0.2) is 4.79 Å². The average Bonchev–Trinajstić information content (AvgIpc) is 2.96. The van der Waals surface area contributed by atoms with Crippen molar-refractivity contribution in [2.45, 2.75) is 13.3 Å². The highest BCUT2D eigenvalue weighted by atomic mass is 16.4. The van der Waals surface area contributed by atoms with Gasteiger partial charge in [0.15, 0.2) is 0 Å². The molecule has 3 amide bonds. The normalized spacial score (nSPS) is 20.1. The molecule has 7 nitrogen and oxygen atoms in total. The zero-order valence-corrected chi connectivity index (χ0v) is 13.0. The monoisotopic (exact) mass is 319 g/mol. The lowest BCUT2D eigenvalue weighted by Crippen LogP contribution is -2.43. The molecule has 1 unspecified atom stereocenters. The smallest absolute Gasteiger partial charge is 0.317 e. The fourth-order valence-electron chi connectivity index (χ4n) is 2.46. The highest BCUT2D eigenvalue weighted by Crippen LogP contribution is 2.29. The third-order valence-electron chi connectivity index (χ3n) is 4.00. The number of hydrogen-bond acceptors (Lipinski definition) is 3. The van der Waals surface area contributed by atoms with E-state index in [1.54, 1.807) is 31.2 Å². The van der Waals surface area contributed by atoms with Gasteiger partial charge in [-0.1, -0.05) is 18.2 Å². The highest BCUT2D eigenvalue weighted by molar-refractivity contribution is 5.94. The molecule has 2 rings (SSSR count). The van der Waals surface area contributed by atoms with Gasteiger partial charge in [0.05, 0.1) is 5.41 Å². The summed E-state index contributed by atoms with van der Waals surface area (Å²) in [5.41, 5.74) is -0.311. The SMILES string of the molecule is CC1(C(=O)O)CCN(C(=O)NCCNC(=O)c2ccccc2)C1. The number of urea groups is 1. The molecule has 1 aliphatic rings. The minimum atomic E-state index is -0.886. The summed E-state index contributed by atoms with van der Waals surface area (Å²) in [7, 11) is 0. The summed E-state index contributed by atoms with van der Waals surface area (Å²) in [5, 5.41) is 14.6. The Morgan fingerprint density at radius 3 is 2.43 bits per heavy atom. The molecule has 0 bridgehead atoms. The Bertz CT molecular complexity index is 590. The van der Waals surface area contributed by atoms with Crippen LogP contribution in [0.2, 0.25) is 0 Å². The summed E-state index contributed by atoms with van der Waals surface area (Å²) in [6.07, 6.45) is 0.445. The van der Waals surface area contributed by atoms with E-state index in [1.807, 2.05) is 6.07 Å². The average molecular weight is 319 g/mol. The standard InChI is InChI=1S/C16H21N3O4/c1-16(14(21)22)7-10-19(11-16)15(23)18-9-8-17-13(20)12-5-3-2-4-6-12/h2-6H,7-11H2,1H3,(H,17,20)(H,18,23)(H,21,22). The molecule has 1 fully saturated rings. The fourth-order valence-corrected chi connectivity index (χ4v) is 2.46. The first kappa shape index (κ1) is 16.8. The summed E-state index contributed by atoms with van der Waals surface area (Å²) < 4.78 is 0. The van der Waals surface area contributed by atoms with Crippen LogP contribution in [-0.2, 0) is 4.79 Å². The lowest BCUT2D eigenvalue weighted by molar-refractivity contribution is -0.147. The number of carbonyl (C=O) groups is 3. The van der Waals surface area contributed by atoms with Gasteiger partial charge in [-0.15, -0.1) is 0 Å². The molecule has 1 aliphatic heterocycles. The zero-order chi connectivity index (χ0) is 16.9. The van der Waals surface area contributed by atoms with E-state index in [-0.39, 0.29) is 25.0 Å². The van der Waals surface area contributed by atoms with Crippen molar-refractivity contribution < 1.29 is 19.5 Å². The molecule has 1 aromatic rings. The quantitative estimate of drug-likeness (QED) is 0.703. The van der Waals surface area contributed by atoms with Crippen molar-refractivity contribution in [3.63, 3.8) is 0 Å². The highest BCUT2D eigenvalue weighted by Gasteiger charge is 2.42. The van der Waals surface area contributed by atoms with Crippen LogP contribution in [-0.4, -0.2) is 54.1 Å². The number of carboxylic acid groups (broad SMARTS) is 1. The number of likely N-dealkylation sites (tertiary alicyclic amines) is 1. The largest absolute Gasteiger partial charge is 0.481 e. The number of rotatable bonds is 5. The van der Waals surface area contributed by atoms with Crippen molar-refractivity contribution in [3.8, 4) is 0 Å². The van der Waals surface area contributed by atoms with Gasteiger partial charge >= 0.3 is 12.0 Å². The van der Waals surface area contributed by atoms with E-state index in [1.165, 1.54) is 4.90 Å². The van der Waals surface area contributed by atoms with Gasteiger partial charge in [0.25, 0.3) is 5.91 Å². The van der Waals surface area contributed by atoms with Crippen molar-refractivity contribution in [2.24, 2.45) is 5.41 Å². The Morgan fingerprint density at radius 1 is 1.17 bits per heavy atom. The van der Waals surface area contributed by atoms with E-state index in [9.17, 15) is 14.4 Å². The molecule has 7 heteroatoms. The van der Waals surface area contributed by atoms with Gasteiger partial charge in [0.2, 0.25) is 0 Å². The fraction of sp³-hybridized carbons (Fsp3) is 0.438. The molecule has 1 heterocycles. The van der Waals surface area contributed by atoms with Crippen molar-refractivity contribution in [2.75, 3.05) is 26.2 Å². The topological polar surface area (TPSA) is 98.7 Å². The summed E-state index contributed by atoms with van der Waals surface area (Å²) in [4.78, 5) is 36.4. The maximum Gasteiger partial charge on any atom is 0.317 e. The molecule has 1 aromatic carbocycles. The van der Waals surface area contributed by atoms with Gasteiger partial charge in [0.1, 0.15) is 0 Å². The zero-order valence-electron chi connectivity index (χ0n) is 13.0. The van der Waals surface area contributed by atoms with Crippen LogP contribution in [0.1, 0.15) is 23.7 Å². The summed E-state index contributed by atoms with van der Waals surface area (Å²) in [6, 6.07) is 8.52. The first-order valence-corrected chi connectivity index (χ1v) is 7.52. The molecule has 0 aliphatic carbocycles. The second-order valence-electron chi connectivity index (χ2n) is 5.89. The van der Waals surface area contributed by atoms with E-state index in [4.69, 9.17) is 5.11 Å². The number of hydrogen-bond donors (Lipinski definition) is 3. The molecular formula is C16H21N3O4. The molecule has 124 valence electrons. The van der Waals surface area contributed by atoms with Crippen molar-refractivity contribution in [1.82, 2.24) is 15.5 Å². The van der Waals surface area contributed by atoms with Crippen LogP contribution in [0.4, 0.5) is 4.79 Å². The number of aliphatic carboxylic acids is 1. The molecule has 0 saturated carbocycles. The number of nitrogens with one attached hydrogen (secondary N) is 2. The lowest BCUT2D eigenvalue weighted by atomic mass is 9.90. The van der Waals surface area contributed by atoms with Gasteiger partial charge in [0, 0.05) is 31.7 Å². The molecule has 1 saturated heterocycles. The van der Waals surface area contributed by atoms with Gasteiger partial charge in [-0.2, -0.15) is 0 Å². The molecule has 0 radical (unpaired) electrons. The Balaban J connectivity index is 1.70. The predicted molar refractivity (Wildman–Crippen MR) is 84.1 cm³/mol. The van der Waals surface area contributed by atoms with Crippen molar-refractivity contribution in [3.05, 3.63) is 35.9 Å². The van der Waals surface area contributed by atoms with Crippen LogP contribution in [0.5, 0.6) is 0 Å². The van der Waals surface area contributed by atoms with E-state index >= 15 is 0 Å². The molecule has 0 aromatic heterocycles. The third kappa shape index (κ3) is 4.21. The molecular weight excluding hydrogens is 298 g/mol. The summed E-state index contributed by atoms with van der Waals surface area (Å²) in [5.74, 6) is -1.08. The predicted octanol–water partition coefficient (Wildman–Crippen LogP) is 0.923. The second kappa shape index (κ2) is 7.13. The number of nitrogens with zero attached hydrogens (tertiary/aromatic N) is 1. The van der Waals surface area contributed by atoms with Crippen LogP contribution in [0.15, 0.2) is 30.3 Å². The van der Waals surface area contributed by atoms with Crippen molar-refractivity contribution >= 4 is 17.9 Å². The first-order chi connectivity index (χ1) is 10.9. The van der Waals surface area contributed by atoms with E-state index in [0.717, 1.165) is 0 Å². The van der Waals surface area contributed by atoms with Crippen LogP contribution in [0.25, 0.3) is 0 Å². The van der Waals surface area contributed by atoms with Crippen LogP contribution in [0.3, 0.4) is 0 Å². The summed E-state index contributed by atoms with van der Waals surface area (Å²) >= 11 is 0. The van der Waals surface area contributed by atoms with E-state index in [0.29, 0.717) is 25.1 Å². The van der Waals surface area contributed by atoms with Gasteiger partial charge in [-0.05, 0) is 25.5 Å². The number of carbonyl (C=O) groups excluding carboxylic acids is 2. The molecule has 1 atom stereocenters. The molecule has 0 spiro atoms. The molecule has 3 N–H and O–H groups in total. The Morgan fingerprint density at radius 2 is 1.83 bits per heavy atom. The summed E-state index contributed by atoms with van der Waals surface area (Å²) in [6.45, 7) is 2.86. The number of benzene rings is 1.